The van der Waals surface area contributed by atoms with Gasteiger partial charge in [-0.25, -0.2) is 4.98 Å². The molecule has 3 aromatic rings. The number of hydrogen-bond acceptors (Lipinski definition) is 5. The van der Waals surface area contributed by atoms with Crippen LogP contribution in [0, 0.1) is 0 Å². The third-order valence-corrected chi connectivity index (χ3v) is 4.67. The van der Waals surface area contributed by atoms with Crippen LogP contribution in [0.15, 0.2) is 48.9 Å². The molecule has 3 heterocycles. The molecule has 1 unspecified atom stereocenters. The highest BCUT2D eigenvalue weighted by Crippen LogP contribution is 2.28. The van der Waals surface area contributed by atoms with E-state index >= 15 is 0 Å². The number of rotatable bonds is 7. The molecule has 2 N–H and O–H groups in total. The molecule has 140 valence electrons. The molecule has 4 rings (SSSR count). The number of hydrogen-bond donors (Lipinski definition) is 2. The average molecular weight is 365 g/mol. The van der Waals surface area contributed by atoms with E-state index < -0.39 is 0 Å². The third-order valence-electron chi connectivity index (χ3n) is 4.67. The van der Waals surface area contributed by atoms with Crippen LogP contribution in [0.1, 0.15) is 19.3 Å². The summed E-state index contributed by atoms with van der Waals surface area (Å²) in [4.78, 5) is 20.9. The van der Waals surface area contributed by atoms with Gasteiger partial charge in [-0.1, -0.05) is 30.3 Å². The molecule has 2 aromatic heterocycles. The first-order valence-electron chi connectivity index (χ1n) is 9.31. The zero-order valence-corrected chi connectivity index (χ0v) is 15.1. The van der Waals surface area contributed by atoms with E-state index in [1.165, 1.54) is 0 Å². The van der Waals surface area contributed by atoms with Gasteiger partial charge in [-0.15, -0.1) is 0 Å². The van der Waals surface area contributed by atoms with E-state index in [1.54, 1.807) is 12.4 Å². The lowest BCUT2D eigenvalue weighted by atomic mass is 10.1. The van der Waals surface area contributed by atoms with Crippen LogP contribution in [0.5, 0.6) is 0 Å². The smallest absolute Gasteiger partial charge is 0.221 e. The van der Waals surface area contributed by atoms with Crippen LogP contribution in [0.4, 0.5) is 5.82 Å². The molecule has 1 aliphatic heterocycles. The molecule has 0 spiro atoms. The minimum atomic E-state index is 0.0229. The predicted molar refractivity (Wildman–Crippen MR) is 104 cm³/mol. The van der Waals surface area contributed by atoms with Gasteiger partial charge in [0.2, 0.25) is 5.91 Å². The molecule has 1 aromatic carbocycles. The van der Waals surface area contributed by atoms with Gasteiger partial charge in [0.25, 0.3) is 0 Å². The number of amides is 1. The summed E-state index contributed by atoms with van der Waals surface area (Å²) < 4.78 is 7.49. The number of fused-ring (bicyclic) bond motifs is 1. The fraction of sp³-hybridized carbons (Fsp3) is 0.350. The molecular formula is C20H23N5O2. The number of carbonyl (C=O) groups is 1. The van der Waals surface area contributed by atoms with Crippen molar-refractivity contribution in [2.24, 2.45) is 0 Å². The summed E-state index contributed by atoms with van der Waals surface area (Å²) in [5.41, 5.74) is 2.64. The Morgan fingerprint density at radius 2 is 2.19 bits per heavy atom. The van der Waals surface area contributed by atoms with Crippen molar-refractivity contribution in [1.29, 1.82) is 0 Å². The number of nitrogens with one attached hydrogen (secondary N) is 2. The third kappa shape index (κ3) is 4.09. The van der Waals surface area contributed by atoms with Gasteiger partial charge in [0, 0.05) is 44.1 Å². The van der Waals surface area contributed by atoms with Crippen molar-refractivity contribution < 1.29 is 9.53 Å². The number of benzene rings is 1. The number of imidazole rings is 1. The minimum absolute atomic E-state index is 0.0229. The first-order valence-corrected chi connectivity index (χ1v) is 9.31. The van der Waals surface area contributed by atoms with Crippen molar-refractivity contribution in [2.75, 3.05) is 25.0 Å². The lowest BCUT2D eigenvalue weighted by Crippen LogP contribution is -2.32. The number of carbonyl (C=O) groups excluding carboxylic acids is 1. The zero-order valence-electron chi connectivity index (χ0n) is 15.1. The summed E-state index contributed by atoms with van der Waals surface area (Å²) in [7, 11) is 0. The van der Waals surface area contributed by atoms with Crippen molar-refractivity contribution in [3.05, 3.63) is 48.9 Å². The van der Waals surface area contributed by atoms with E-state index in [1.807, 2.05) is 40.9 Å². The van der Waals surface area contributed by atoms with Crippen molar-refractivity contribution in [2.45, 2.75) is 25.4 Å². The molecule has 7 heteroatoms. The molecule has 1 amide bonds. The fourth-order valence-electron chi connectivity index (χ4n) is 3.29. The van der Waals surface area contributed by atoms with Gasteiger partial charge in [-0.05, 0) is 12.8 Å². The fourth-order valence-corrected chi connectivity index (χ4v) is 3.29. The summed E-state index contributed by atoms with van der Waals surface area (Å²) in [6, 6.07) is 10.00. The lowest BCUT2D eigenvalue weighted by Gasteiger charge is -2.12. The Morgan fingerprint density at radius 3 is 3.00 bits per heavy atom. The number of nitrogens with zero attached hydrogens (tertiary/aromatic N) is 3. The quantitative estimate of drug-likeness (QED) is 0.672. The predicted octanol–water partition coefficient (Wildman–Crippen LogP) is 2.49. The standard InChI is InChI=1S/C20H23N5O2/c26-18(23-13-16-7-4-12-27-16)8-9-22-20-19(15-5-2-1-3-6-15)24-17-14-21-10-11-25(17)20/h1-3,5-6,10-11,14,16,22H,4,7-9,12-13H2,(H,23,26). The summed E-state index contributed by atoms with van der Waals surface area (Å²) in [6.07, 6.45) is 7.98. The molecule has 1 aliphatic rings. The van der Waals surface area contributed by atoms with Crippen molar-refractivity contribution >= 4 is 17.4 Å². The van der Waals surface area contributed by atoms with Crippen LogP contribution in [0.25, 0.3) is 16.9 Å². The summed E-state index contributed by atoms with van der Waals surface area (Å²) in [6.45, 7) is 1.91. The Labute approximate surface area is 157 Å². The second kappa shape index (κ2) is 8.18. The molecule has 1 atom stereocenters. The molecule has 27 heavy (non-hydrogen) atoms. The van der Waals surface area contributed by atoms with E-state index in [0.29, 0.717) is 19.5 Å². The van der Waals surface area contributed by atoms with Gasteiger partial charge in [-0.2, -0.15) is 0 Å². The van der Waals surface area contributed by atoms with Crippen LogP contribution >= 0.6 is 0 Å². The summed E-state index contributed by atoms with van der Waals surface area (Å²) in [5, 5.41) is 6.33. The van der Waals surface area contributed by atoms with Gasteiger partial charge >= 0.3 is 0 Å². The molecule has 0 aliphatic carbocycles. The molecule has 0 radical (unpaired) electrons. The van der Waals surface area contributed by atoms with Gasteiger partial charge in [0.15, 0.2) is 5.65 Å². The first kappa shape index (κ1) is 17.5. The Morgan fingerprint density at radius 1 is 1.30 bits per heavy atom. The van der Waals surface area contributed by atoms with Crippen molar-refractivity contribution in [1.82, 2.24) is 19.7 Å². The SMILES string of the molecule is O=C(CCNc1c(-c2ccccc2)nc2cnccn12)NCC1CCCO1. The van der Waals surface area contributed by atoms with E-state index in [-0.39, 0.29) is 12.0 Å². The number of anilines is 1. The Balaban J connectivity index is 1.42. The van der Waals surface area contributed by atoms with Gasteiger partial charge < -0.3 is 15.4 Å². The normalized spacial score (nSPS) is 16.5. The zero-order chi connectivity index (χ0) is 18.5. The van der Waals surface area contributed by atoms with Crippen LogP contribution in [0.3, 0.4) is 0 Å². The second-order valence-corrected chi connectivity index (χ2v) is 6.60. The topological polar surface area (TPSA) is 80.6 Å². The minimum Gasteiger partial charge on any atom is -0.376 e. The maximum absolute atomic E-state index is 12.1. The van der Waals surface area contributed by atoms with Crippen LogP contribution in [-0.4, -0.2) is 46.1 Å². The van der Waals surface area contributed by atoms with Crippen LogP contribution in [0.2, 0.25) is 0 Å². The van der Waals surface area contributed by atoms with E-state index in [4.69, 9.17) is 9.72 Å². The average Bonchev–Trinajstić information content (AvgIpc) is 3.35. The van der Waals surface area contributed by atoms with E-state index in [2.05, 4.69) is 15.6 Å². The molecule has 7 nitrogen and oxygen atoms in total. The number of ether oxygens (including phenoxy) is 1. The van der Waals surface area contributed by atoms with Crippen molar-refractivity contribution in [3.8, 4) is 11.3 Å². The van der Waals surface area contributed by atoms with Crippen molar-refractivity contribution in [3.63, 3.8) is 0 Å². The van der Waals surface area contributed by atoms with Crippen LogP contribution in [-0.2, 0) is 9.53 Å². The monoisotopic (exact) mass is 365 g/mol. The van der Waals surface area contributed by atoms with E-state index in [9.17, 15) is 4.79 Å². The van der Waals surface area contributed by atoms with Crippen LogP contribution < -0.4 is 10.6 Å². The summed E-state index contributed by atoms with van der Waals surface area (Å²) in [5.74, 6) is 0.889. The lowest BCUT2D eigenvalue weighted by molar-refractivity contribution is -0.121. The van der Waals surface area contributed by atoms with Gasteiger partial charge in [0.05, 0.1) is 12.3 Å². The highest BCUT2D eigenvalue weighted by Gasteiger charge is 2.17. The highest BCUT2D eigenvalue weighted by molar-refractivity contribution is 5.78. The first-order chi connectivity index (χ1) is 13.3. The highest BCUT2D eigenvalue weighted by atomic mass is 16.5. The second-order valence-electron chi connectivity index (χ2n) is 6.60. The summed E-state index contributed by atoms with van der Waals surface area (Å²) >= 11 is 0. The van der Waals surface area contributed by atoms with Gasteiger partial charge in [-0.3, -0.25) is 14.2 Å². The molecular weight excluding hydrogens is 342 g/mol. The Kier molecular flexibility index (Phi) is 5.29. The van der Waals surface area contributed by atoms with E-state index in [0.717, 1.165) is 42.2 Å². The molecule has 0 saturated carbocycles. The Hall–Kier alpha value is -2.93. The molecule has 1 saturated heterocycles. The maximum Gasteiger partial charge on any atom is 0.221 e. The molecule has 1 fully saturated rings. The maximum atomic E-state index is 12.1. The molecule has 0 bridgehead atoms. The number of aromatic nitrogens is 3. The van der Waals surface area contributed by atoms with Gasteiger partial charge in [0.1, 0.15) is 11.5 Å². The largest absolute Gasteiger partial charge is 0.376 e. The Bertz CT molecular complexity index is 903.